The van der Waals surface area contributed by atoms with Gasteiger partial charge in [-0.25, -0.2) is 4.98 Å². The predicted octanol–water partition coefficient (Wildman–Crippen LogP) is 3.77. The molecule has 34 heavy (non-hydrogen) atoms. The monoisotopic (exact) mass is 456 g/mol. The Morgan fingerprint density at radius 3 is 2.76 bits per heavy atom. The zero-order chi connectivity index (χ0) is 23.5. The number of nitrogens with zero attached hydrogens (tertiary/aromatic N) is 4. The molecule has 0 aliphatic carbocycles. The van der Waals surface area contributed by atoms with Crippen LogP contribution >= 0.6 is 0 Å². The van der Waals surface area contributed by atoms with Crippen molar-refractivity contribution in [3.05, 3.63) is 77.1 Å². The van der Waals surface area contributed by atoms with Crippen LogP contribution in [0, 0.1) is 5.92 Å². The molecule has 2 N–H and O–H groups in total. The SMILES string of the molecule is CC(C)C(=O)NCc1cccc2c1cnn2-c1nc2c(c(NCc3ccccc3)n1)CCOC2. The maximum Gasteiger partial charge on any atom is 0.253 e. The Labute approximate surface area is 198 Å². The van der Waals surface area contributed by atoms with Crippen molar-refractivity contribution in [3.63, 3.8) is 0 Å². The highest BCUT2D eigenvalue weighted by molar-refractivity contribution is 5.84. The van der Waals surface area contributed by atoms with Crippen LogP contribution in [0.3, 0.4) is 0 Å². The summed E-state index contributed by atoms with van der Waals surface area (Å²) in [4.78, 5) is 21.7. The number of hydrogen-bond acceptors (Lipinski definition) is 6. The van der Waals surface area contributed by atoms with Gasteiger partial charge in [0.15, 0.2) is 0 Å². The first-order valence-corrected chi connectivity index (χ1v) is 11.6. The number of aromatic nitrogens is 4. The van der Waals surface area contributed by atoms with Crippen molar-refractivity contribution in [1.29, 1.82) is 0 Å². The molecule has 0 radical (unpaired) electrons. The summed E-state index contributed by atoms with van der Waals surface area (Å²) in [5, 5.41) is 12.1. The number of anilines is 1. The zero-order valence-corrected chi connectivity index (χ0v) is 19.4. The van der Waals surface area contributed by atoms with Crippen LogP contribution in [-0.2, 0) is 35.6 Å². The van der Waals surface area contributed by atoms with Crippen LogP contribution in [0.15, 0.2) is 54.7 Å². The molecular weight excluding hydrogens is 428 g/mol. The Morgan fingerprint density at radius 1 is 1.09 bits per heavy atom. The molecule has 2 aromatic heterocycles. The van der Waals surface area contributed by atoms with Gasteiger partial charge in [0.05, 0.1) is 30.6 Å². The Kier molecular flexibility index (Phi) is 6.22. The van der Waals surface area contributed by atoms with E-state index in [1.54, 1.807) is 4.68 Å². The van der Waals surface area contributed by atoms with Crippen LogP contribution in [0.5, 0.6) is 0 Å². The van der Waals surface area contributed by atoms with E-state index < -0.39 is 0 Å². The quantitative estimate of drug-likeness (QED) is 0.440. The molecule has 1 aliphatic heterocycles. The summed E-state index contributed by atoms with van der Waals surface area (Å²) in [6, 6.07) is 16.2. The third-order valence-corrected chi connectivity index (χ3v) is 5.99. The van der Waals surface area contributed by atoms with Crippen molar-refractivity contribution in [2.75, 3.05) is 11.9 Å². The number of fused-ring (bicyclic) bond motifs is 2. The molecule has 0 bridgehead atoms. The van der Waals surface area contributed by atoms with Crippen molar-refractivity contribution < 1.29 is 9.53 Å². The largest absolute Gasteiger partial charge is 0.375 e. The molecular formula is C26H28N6O2. The fourth-order valence-corrected chi connectivity index (χ4v) is 4.08. The van der Waals surface area contributed by atoms with E-state index in [4.69, 9.17) is 14.7 Å². The van der Waals surface area contributed by atoms with E-state index in [0.29, 0.717) is 32.3 Å². The molecule has 0 saturated heterocycles. The lowest BCUT2D eigenvalue weighted by Gasteiger charge is -2.20. The Hall–Kier alpha value is -3.78. The lowest BCUT2D eigenvalue weighted by Crippen LogP contribution is -2.27. The van der Waals surface area contributed by atoms with Crippen LogP contribution in [0.2, 0.25) is 0 Å². The minimum absolute atomic E-state index is 0.0246. The predicted molar refractivity (Wildman–Crippen MR) is 130 cm³/mol. The van der Waals surface area contributed by atoms with Crippen LogP contribution in [0.25, 0.3) is 16.9 Å². The summed E-state index contributed by atoms with van der Waals surface area (Å²) < 4.78 is 7.43. The molecule has 8 heteroatoms. The lowest BCUT2D eigenvalue weighted by atomic mass is 10.1. The van der Waals surface area contributed by atoms with Gasteiger partial charge < -0.3 is 15.4 Å². The number of nitrogens with one attached hydrogen (secondary N) is 2. The molecule has 0 atom stereocenters. The second kappa shape index (κ2) is 9.61. The van der Waals surface area contributed by atoms with Crippen molar-refractivity contribution in [2.24, 2.45) is 5.92 Å². The van der Waals surface area contributed by atoms with Gasteiger partial charge in [-0.2, -0.15) is 14.8 Å². The molecule has 174 valence electrons. The summed E-state index contributed by atoms with van der Waals surface area (Å²) in [5.74, 6) is 1.28. The molecule has 5 rings (SSSR count). The van der Waals surface area contributed by atoms with Gasteiger partial charge in [-0.1, -0.05) is 56.3 Å². The minimum Gasteiger partial charge on any atom is -0.375 e. The molecule has 2 aromatic carbocycles. The molecule has 0 saturated carbocycles. The van der Waals surface area contributed by atoms with Crippen LogP contribution < -0.4 is 10.6 Å². The van der Waals surface area contributed by atoms with E-state index in [1.165, 1.54) is 5.56 Å². The van der Waals surface area contributed by atoms with Gasteiger partial charge in [-0.15, -0.1) is 0 Å². The summed E-state index contributed by atoms with van der Waals surface area (Å²) in [7, 11) is 0. The lowest BCUT2D eigenvalue weighted by molar-refractivity contribution is -0.124. The maximum atomic E-state index is 12.0. The standard InChI is InChI=1S/C26H28N6O2/c1-17(2)25(33)28-14-19-9-6-10-23-21(19)15-29-32(23)26-30-22-16-34-12-11-20(22)24(31-26)27-13-18-7-4-3-5-8-18/h3-10,15,17H,11-14,16H2,1-2H3,(H,28,33)(H,27,30,31). The van der Waals surface area contributed by atoms with Crippen LogP contribution in [-0.4, -0.2) is 32.3 Å². The molecule has 0 spiro atoms. The molecule has 4 aromatic rings. The molecule has 8 nitrogen and oxygen atoms in total. The number of amides is 1. The number of benzene rings is 2. The third kappa shape index (κ3) is 4.49. The molecule has 1 amide bonds. The first-order chi connectivity index (χ1) is 16.6. The van der Waals surface area contributed by atoms with E-state index in [-0.39, 0.29) is 11.8 Å². The molecule has 1 aliphatic rings. The van der Waals surface area contributed by atoms with Gasteiger partial charge in [-0.05, 0) is 17.2 Å². The van der Waals surface area contributed by atoms with E-state index in [0.717, 1.165) is 40.0 Å². The third-order valence-electron chi connectivity index (χ3n) is 5.99. The summed E-state index contributed by atoms with van der Waals surface area (Å²) in [6.07, 6.45) is 2.58. The Morgan fingerprint density at radius 2 is 1.94 bits per heavy atom. The van der Waals surface area contributed by atoms with Crippen LogP contribution in [0.4, 0.5) is 5.82 Å². The number of rotatable bonds is 7. The van der Waals surface area contributed by atoms with E-state index in [9.17, 15) is 4.79 Å². The molecule has 0 unspecified atom stereocenters. The normalized spacial score (nSPS) is 13.1. The first-order valence-electron chi connectivity index (χ1n) is 11.6. The number of carbonyl (C=O) groups excluding carboxylic acids is 1. The van der Waals surface area contributed by atoms with Gasteiger partial charge in [-0.3, -0.25) is 4.79 Å². The highest BCUT2D eigenvalue weighted by Gasteiger charge is 2.20. The Bertz CT molecular complexity index is 1320. The smallest absolute Gasteiger partial charge is 0.253 e. The number of carbonyl (C=O) groups is 1. The summed E-state index contributed by atoms with van der Waals surface area (Å²) in [6.45, 7) is 6.00. The van der Waals surface area contributed by atoms with Crippen LogP contribution in [0.1, 0.15) is 36.2 Å². The van der Waals surface area contributed by atoms with Gasteiger partial charge in [0.25, 0.3) is 5.95 Å². The van der Waals surface area contributed by atoms with Gasteiger partial charge in [0.1, 0.15) is 5.82 Å². The second-order valence-electron chi connectivity index (χ2n) is 8.72. The van der Waals surface area contributed by atoms with Crippen molar-refractivity contribution >= 4 is 22.6 Å². The first kappa shape index (κ1) is 22.0. The number of hydrogen-bond donors (Lipinski definition) is 2. The highest BCUT2D eigenvalue weighted by atomic mass is 16.5. The number of ether oxygens (including phenoxy) is 1. The topological polar surface area (TPSA) is 94.0 Å². The van der Waals surface area contributed by atoms with E-state index >= 15 is 0 Å². The van der Waals surface area contributed by atoms with Gasteiger partial charge >= 0.3 is 0 Å². The fourth-order valence-electron chi connectivity index (χ4n) is 4.08. The maximum absolute atomic E-state index is 12.0. The van der Waals surface area contributed by atoms with Crippen molar-refractivity contribution in [2.45, 2.75) is 40.0 Å². The van der Waals surface area contributed by atoms with E-state index in [2.05, 4.69) is 27.9 Å². The molecule has 3 heterocycles. The van der Waals surface area contributed by atoms with Crippen molar-refractivity contribution in [3.8, 4) is 5.95 Å². The second-order valence-corrected chi connectivity index (χ2v) is 8.72. The fraction of sp³-hybridized carbons (Fsp3) is 0.308. The Balaban J connectivity index is 1.49. The summed E-state index contributed by atoms with van der Waals surface area (Å²) in [5.41, 5.74) is 5.06. The van der Waals surface area contributed by atoms with Gasteiger partial charge in [0, 0.05) is 36.4 Å². The van der Waals surface area contributed by atoms with Gasteiger partial charge in [0.2, 0.25) is 5.91 Å². The highest BCUT2D eigenvalue weighted by Crippen LogP contribution is 2.26. The average Bonchev–Trinajstić information content (AvgIpc) is 3.31. The van der Waals surface area contributed by atoms with Crippen molar-refractivity contribution in [1.82, 2.24) is 25.1 Å². The zero-order valence-electron chi connectivity index (χ0n) is 19.4. The summed E-state index contributed by atoms with van der Waals surface area (Å²) >= 11 is 0. The average molecular weight is 457 g/mol. The van der Waals surface area contributed by atoms with E-state index in [1.807, 2.05) is 56.4 Å². The minimum atomic E-state index is -0.0603. The molecule has 0 fully saturated rings.